The van der Waals surface area contributed by atoms with E-state index in [9.17, 15) is 4.79 Å². The average molecular weight is 369 g/mol. The fourth-order valence-corrected chi connectivity index (χ4v) is 3.70. The second kappa shape index (κ2) is 7.09. The molecule has 1 aliphatic rings. The third-order valence-electron chi connectivity index (χ3n) is 4.86. The van der Waals surface area contributed by atoms with Crippen molar-refractivity contribution in [3.8, 4) is 0 Å². The number of pyridine rings is 1. The Labute approximate surface area is 157 Å². The summed E-state index contributed by atoms with van der Waals surface area (Å²) >= 11 is 6.10. The van der Waals surface area contributed by atoms with Crippen molar-refractivity contribution in [1.82, 2.24) is 14.3 Å². The Morgan fingerprint density at radius 2 is 1.81 bits per heavy atom. The van der Waals surface area contributed by atoms with Gasteiger partial charge in [0.25, 0.3) is 5.56 Å². The van der Waals surface area contributed by atoms with Crippen LogP contribution in [0.5, 0.6) is 0 Å². The number of rotatable bonds is 3. The molecule has 0 saturated carbocycles. The van der Waals surface area contributed by atoms with Crippen molar-refractivity contribution in [2.24, 2.45) is 0 Å². The smallest absolute Gasteiger partial charge is 0.258 e. The molecule has 0 unspecified atom stereocenters. The first-order valence-electron chi connectivity index (χ1n) is 8.81. The highest BCUT2D eigenvalue weighted by atomic mass is 35.5. The quantitative estimate of drug-likeness (QED) is 0.712. The molecule has 4 rings (SSSR count). The third kappa shape index (κ3) is 3.45. The normalized spacial score (nSPS) is 15.5. The summed E-state index contributed by atoms with van der Waals surface area (Å²) in [6.07, 6.45) is 0. The summed E-state index contributed by atoms with van der Waals surface area (Å²) in [7, 11) is 0. The monoisotopic (exact) mass is 368 g/mol. The Balaban J connectivity index is 1.46. The molecular formula is C20H21ClN4O. The zero-order valence-corrected chi connectivity index (χ0v) is 15.5. The van der Waals surface area contributed by atoms with Crippen LogP contribution < -0.4 is 10.5 Å². The van der Waals surface area contributed by atoms with Crippen LogP contribution in [0.3, 0.4) is 0 Å². The van der Waals surface area contributed by atoms with Crippen LogP contribution in [0.4, 0.5) is 5.69 Å². The van der Waals surface area contributed by atoms with Crippen molar-refractivity contribution >= 4 is 22.9 Å². The van der Waals surface area contributed by atoms with Crippen LogP contribution >= 0.6 is 11.6 Å². The van der Waals surface area contributed by atoms with Crippen LogP contribution in [0.2, 0.25) is 5.02 Å². The summed E-state index contributed by atoms with van der Waals surface area (Å²) in [6.45, 7) is 6.36. The summed E-state index contributed by atoms with van der Waals surface area (Å²) in [5, 5.41) is 0.765. The van der Waals surface area contributed by atoms with E-state index in [4.69, 9.17) is 11.6 Å². The van der Waals surface area contributed by atoms with E-state index < -0.39 is 0 Å². The van der Waals surface area contributed by atoms with Gasteiger partial charge in [0.2, 0.25) is 0 Å². The summed E-state index contributed by atoms with van der Waals surface area (Å²) < 4.78 is 1.65. The zero-order valence-electron chi connectivity index (χ0n) is 14.7. The van der Waals surface area contributed by atoms with E-state index in [0.717, 1.165) is 48.3 Å². The van der Waals surface area contributed by atoms with Crippen molar-refractivity contribution in [2.45, 2.75) is 13.5 Å². The molecule has 0 bridgehead atoms. The highest BCUT2D eigenvalue weighted by molar-refractivity contribution is 6.30. The van der Waals surface area contributed by atoms with E-state index in [2.05, 4.69) is 20.9 Å². The van der Waals surface area contributed by atoms with Gasteiger partial charge in [0.05, 0.1) is 5.69 Å². The molecule has 0 amide bonds. The Morgan fingerprint density at radius 3 is 2.58 bits per heavy atom. The van der Waals surface area contributed by atoms with E-state index in [-0.39, 0.29) is 5.56 Å². The maximum atomic E-state index is 12.4. The second-order valence-electron chi connectivity index (χ2n) is 6.69. The van der Waals surface area contributed by atoms with Crippen LogP contribution in [0.15, 0.2) is 53.3 Å². The minimum Gasteiger partial charge on any atom is -0.369 e. The number of fused-ring (bicyclic) bond motifs is 1. The van der Waals surface area contributed by atoms with Crippen molar-refractivity contribution in [2.75, 3.05) is 31.1 Å². The maximum Gasteiger partial charge on any atom is 0.258 e. The maximum absolute atomic E-state index is 12.4. The molecule has 5 nitrogen and oxygen atoms in total. The van der Waals surface area contributed by atoms with Gasteiger partial charge in [-0.15, -0.1) is 0 Å². The number of anilines is 1. The third-order valence-corrected chi connectivity index (χ3v) is 5.10. The van der Waals surface area contributed by atoms with Gasteiger partial charge in [0, 0.05) is 55.2 Å². The van der Waals surface area contributed by atoms with Gasteiger partial charge in [0.15, 0.2) is 0 Å². The Kier molecular flexibility index (Phi) is 4.66. The van der Waals surface area contributed by atoms with E-state index in [1.54, 1.807) is 10.5 Å². The summed E-state index contributed by atoms with van der Waals surface area (Å²) in [5.41, 5.74) is 3.60. The van der Waals surface area contributed by atoms with Crippen LogP contribution in [0, 0.1) is 6.92 Å². The molecule has 134 valence electrons. The van der Waals surface area contributed by atoms with E-state index in [1.807, 2.05) is 43.3 Å². The number of halogens is 1. The lowest BCUT2D eigenvalue weighted by Crippen LogP contribution is -2.46. The SMILES string of the molecule is Cc1cccc2nc(CN3CCN(c4cccc(Cl)c4)CC3)cc(=O)n12. The molecule has 1 aromatic carbocycles. The molecule has 1 saturated heterocycles. The first kappa shape index (κ1) is 17.1. The molecule has 1 aliphatic heterocycles. The first-order chi connectivity index (χ1) is 12.6. The number of nitrogens with zero attached hydrogens (tertiary/aromatic N) is 4. The molecule has 1 fully saturated rings. The molecule has 0 atom stereocenters. The number of aryl methyl sites for hydroxylation is 1. The number of hydrogen-bond donors (Lipinski definition) is 0. The second-order valence-corrected chi connectivity index (χ2v) is 7.13. The van der Waals surface area contributed by atoms with Gasteiger partial charge in [-0.2, -0.15) is 0 Å². The summed E-state index contributed by atoms with van der Waals surface area (Å²) in [6, 6.07) is 15.4. The van der Waals surface area contributed by atoms with Gasteiger partial charge in [-0.1, -0.05) is 23.7 Å². The molecule has 6 heteroatoms. The van der Waals surface area contributed by atoms with Crippen LogP contribution in [0.1, 0.15) is 11.4 Å². The summed E-state index contributed by atoms with van der Waals surface area (Å²) in [4.78, 5) is 21.8. The highest BCUT2D eigenvalue weighted by Crippen LogP contribution is 2.21. The highest BCUT2D eigenvalue weighted by Gasteiger charge is 2.18. The van der Waals surface area contributed by atoms with E-state index in [1.165, 1.54) is 0 Å². The molecule has 0 aliphatic carbocycles. The molecule has 26 heavy (non-hydrogen) atoms. The Morgan fingerprint density at radius 1 is 1.04 bits per heavy atom. The molecule has 0 N–H and O–H groups in total. The Hall–Kier alpha value is -2.37. The van der Waals surface area contributed by atoms with Gasteiger partial charge >= 0.3 is 0 Å². The van der Waals surface area contributed by atoms with Crippen molar-refractivity contribution in [3.05, 3.63) is 75.3 Å². The zero-order chi connectivity index (χ0) is 18.1. The number of piperazine rings is 1. The average Bonchev–Trinajstić information content (AvgIpc) is 2.62. The number of benzene rings is 1. The molecular weight excluding hydrogens is 348 g/mol. The van der Waals surface area contributed by atoms with E-state index in [0.29, 0.717) is 12.2 Å². The van der Waals surface area contributed by atoms with Gasteiger partial charge in [0.1, 0.15) is 5.65 Å². The van der Waals surface area contributed by atoms with Crippen molar-refractivity contribution in [3.63, 3.8) is 0 Å². The topological polar surface area (TPSA) is 40.9 Å². The molecule has 3 aromatic rings. The van der Waals surface area contributed by atoms with Crippen LogP contribution in [0.25, 0.3) is 5.65 Å². The van der Waals surface area contributed by atoms with Gasteiger partial charge in [-0.3, -0.25) is 14.1 Å². The predicted octanol–water partition coefficient (Wildman–Crippen LogP) is 2.98. The molecule has 3 heterocycles. The fourth-order valence-electron chi connectivity index (χ4n) is 3.51. The lowest BCUT2D eigenvalue weighted by molar-refractivity contribution is 0.247. The van der Waals surface area contributed by atoms with Gasteiger partial charge in [-0.05, 0) is 37.3 Å². The lowest BCUT2D eigenvalue weighted by atomic mass is 10.2. The van der Waals surface area contributed by atoms with Crippen LogP contribution in [-0.4, -0.2) is 40.5 Å². The standard InChI is InChI=1S/C20H21ClN4O/c1-15-4-2-7-19-22-17(13-20(26)25(15)19)14-23-8-10-24(11-9-23)18-6-3-5-16(21)12-18/h2-7,12-13H,8-11,14H2,1H3. The number of aromatic nitrogens is 2. The molecule has 0 spiro atoms. The van der Waals surface area contributed by atoms with E-state index >= 15 is 0 Å². The lowest BCUT2D eigenvalue weighted by Gasteiger charge is -2.36. The van der Waals surface area contributed by atoms with Crippen molar-refractivity contribution < 1.29 is 0 Å². The fraction of sp³-hybridized carbons (Fsp3) is 0.300. The largest absolute Gasteiger partial charge is 0.369 e. The van der Waals surface area contributed by atoms with Gasteiger partial charge < -0.3 is 4.90 Å². The van der Waals surface area contributed by atoms with Crippen LogP contribution in [-0.2, 0) is 6.54 Å². The minimum absolute atomic E-state index is 0.0133. The minimum atomic E-state index is -0.0133. The van der Waals surface area contributed by atoms with Gasteiger partial charge in [-0.25, -0.2) is 4.98 Å². The Bertz CT molecular complexity index is 993. The van der Waals surface area contributed by atoms with Crippen molar-refractivity contribution in [1.29, 1.82) is 0 Å². The molecule has 0 radical (unpaired) electrons. The predicted molar refractivity (Wildman–Crippen MR) is 105 cm³/mol. The molecule has 2 aromatic heterocycles. The first-order valence-corrected chi connectivity index (χ1v) is 9.19. The number of hydrogen-bond acceptors (Lipinski definition) is 4. The summed E-state index contributed by atoms with van der Waals surface area (Å²) in [5.74, 6) is 0.